The van der Waals surface area contributed by atoms with Crippen LogP contribution in [0.1, 0.15) is 17.3 Å². The van der Waals surface area contributed by atoms with Crippen LogP contribution >= 0.6 is 11.6 Å². The Morgan fingerprint density at radius 2 is 1.87 bits per heavy atom. The molecular formula is C10H9ClO4. The molecule has 0 amide bonds. The van der Waals surface area contributed by atoms with E-state index in [0.717, 1.165) is 0 Å². The van der Waals surface area contributed by atoms with Gasteiger partial charge in [-0.1, -0.05) is 6.07 Å². The van der Waals surface area contributed by atoms with Gasteiger partial charge in [-0.25, -0.2) is 4.79 Å². The molecule has 0 aromatic heterocycles. The van der Waals surface area contributed by atoms with Crippen molar-refractivity contribution in [2.24, 2.45) is 0 Å². The van der Waals surface area contributed by atoms with Gasteiger partial charge in [-0.3, -0.25) is 4.79 Å². The first-order valence-electron chi connectivity index (χ1n) is 4.11. The standard InChI is InChI=1S/C10H9ClO4/c1-6(12)9-7(14-2)4-3-5-8(9)15-10(11)13/h3-5H,1-2H3. The van der Waals surface area contributed by atoms with Gasteiger partial charge in [-0.05, 0) is 19.1 Å². The maximum atomic E-state index is 11.3. The third-order valence-corrected chi connectivity index (χ3v) is 1.83. The van der Waals surface area contributed by atoms with E-state index in [1.807, 2.05) is 0 Å². The highest BCUT2D eigenvalue weighted by Gasteiger charge is 2.16. The summed E-state index contributed by atoms with van der Waals surface area (Å²) in [5.41, 5.74) is -0.792. The lowest BCUT2D eigenvalue weighted by Crippen LogP contribution is -2.04. The van der Waals surface area contributed by atoms with Gasteiger partial charge in [0.25, 0.3) is 0 Å². The van der Waals surface area contributed by atoms with E-state index in [1.54, 1.807) is 12.1 Å². The van der Waals surface area contributed by atoms with Gasteiger partial charge in [0.05, 0.1) is 7.11 Å². The van der Waals surface area contributed by atoms with Gasteiger partial charge < -0.3 is 9.47 Å². The highest BCUT2D eigenvalue weighted by atomic mass is 35.5. The Kier molecular flexibility index (Phi) is 3.68. The monoisotopic (exact) mass is 228 g/mol. The van der Waals surface area contributed by atoms with Crippen molar-refractivity contribution in [1.29, 1.82) is 0 Å². The number of methoxy groups -OCH3 is 1. The lowest BCUT2D eigenvalue weighted by Gasteiger charge is -2.09. The number of benzene rings is 1. The highest BCUT2D eigenvalue weighted by Crippen LogP contribution is 2.29. The molecule has 0 spiro atoms. The Hall–Kier alpha value is -1.55. The van der Waals surface area contributed by atoms with Gasteiger partial charge in [-0.15, -0.1) is 0 Å². The first-order chi connectivity index (χ1) is 7.06. The van der Waals surface area contributed by atoms with Crippen molar-refractivity contribution >= 4 is 22.8 Å². The fraction of sp³-hybridized carbons (Fsp3) is 0.200. The summed E-state index contributed by atoms with van der Waals surface area (Å²) >= 11 is 5.07. The van der Waals surface area contributed by atoms with Gasteiger partial charge in [0, 0.05) is 11.6 Å². The quantitative estimate of drug-likeness (QED) is 0.590. The average molecular weight is 229 g/mol. The summed E-state index contributed by atoms with van der Waals surface area (Å²) in [6.45, 7) is 1.35. The largest absolute Gasteiger partial charge is 0.496 e. The summed E-state index contributed by atoms with van der Waals surface area (Å²) in [7, 11) is 1.42. The summed E-state index contributed by atoms with van der Waals surface area (Å²) in [5, 5.41) is 0. The van der Waals surface area contributed by atoms with Gasteiger partial charge in [0.2, 0.25) is 0 Å². The summed E-state index contributed by atoms with van der Waals surface area (Å²) in [6, 6.07) is 4.67. The number of halogens is 1. The minimum Gasteiger partial charge on any atom is -0.496 e. The molecule has 0 aliphatic rings. The first-order valence-corrected chi connectivity index (χ1v) is 4.49. The van der Waals surface area contributed by atoms with Crippen LogP contribution in [0, 0.1) is 0 Å². The van der Waals surface area contributed by atoms with Gasteiger partial charge in [-0.2, -0.15) is 0 Å². The number of ketones is 1. The van der Waals surface area contributed by atoms with Crippen molar-refractivity contribution in [3.8, 4) is 11.5 Å². The summed E-state index contributed by atoms with van der Waals surface area (Å²) in [6.07, 6.45) is 0. The second-order valence-corrected chi connectivity index (χ2v) is 3.04. The lowest BCUT2D eigenvalue weighted by molar-refractivity contribution is 0.101. The maximum Gasteiger partial charge on any atom is 0.409 e. The smallest absolute Gasteiger partial charge is 0.409 e. The third-order valence-electron chi connectivity index (χ3n) is 1.75. The molecule has 0 saturated carbocycles. The van der Waals surface area contributed by atoms with Crippen molar-refractivity contribution < 1.29 is 19.1 Å². The molecular weight excluding hydrogens is 220 g/mol. The van der Waals surface area contributed by atoms with Crippen molar-refractivity contribution in [1.82, 2.24) is 0 Å². The predicted octanol–water partition coefficient (Wildman–Crippen LogP) is 2.64. The number of carbonyl (C=O) groups is 2. The Balaban J connectivity index is 3.25. The zero-order valence-corrected chi connectivity index (χ0v) is 9.00. The fourth-order valence-electron chi connectivity index (χ4n) is 1.20. The van der Waals surface area contributed by atoms with Crippen LogP contribution in [0.2, 0.25) is 0 Å². The van der Waals surface area contributed by atoms with Crippen molar-refractivity contribution in [2.75, 3.05) is 7.11 Å². The van der Waals surface area contributed by atoms with Crippen LogP contribution in [0.4, 0.5) is 4.79 Å². The average Bonchev–Trinajstić information content (AvgIpc) is 2.15. The number of hydrogen-bond donors (Lipinski definition) is 0. The van der Waals surface area contributed by atoms with E-state index in [0.29, 0.717) is 5.75 Å². The Morgan fingerprint density at radius 1 is 1.27 bits per heavy atom. The molecule has 1 aromatic rings. The van der Waals surface area contributed by atoms with Crippen LogP contribution in [0.25, 0.3) is 0 Å². The Labute approximate surface area is 91.7 Å². The van der Waals surface area contributed by atoms with Crippen molar-refractivity contribution in [2.45, 2.75) is 6.92 Å². The lowest BCUT2D eigenvalue weighted by atomic mass is 10.1. The van der Waals surface area contributed by atoms with E-state index < -0.39 is 5.43 Å². The number of rotatable bonds is 3. The highest BCUT2D eigenvalue weighted by molar-refractivity contribution is 6.61. The molecule has 0 heterocycles. The Bertz CT molecular complexity index is 400. The van der Waals surface area contributed by atoms with Crippen LogP contribution in [0.15, 0.2) is 18.2 Å². The molecule has 1 aromatic carbocycles. The van der Waals surface area contributed by atoms with E-state index in [9.17, 15) is 9.59 Å². The number of Topliss-reactive ketones (excluding diaryl/α,β-unsaturated/α-hetero) is 1. The second kappa shape index (κ2) is 4.79. The van der Waals surface area contributed by atoms with E-state index in [2.05, 4.69) is 4.74 Å². The van der Waals surface area contributed by atoms with E-state index in [1.165, 1.54) is 20.1 Å². The minimum absolute atomic E-state index is 0.0989. The number of carbonyl (C=O) groups excluding carboxylic acids is 2. The fourth-order valence-corrected chi connectivity index (χ4v) is 1.28. The van der Waals surface area contributed by atoms with Crippen LogP contribution in [0.3, 0.4) is 0 Å². The normalized spacial score (nSPS) is 9.53. The molecule has 0 aliphatic carbocycles. The summed E-state index contributed by atoms with van der Waals surface area (Å²) in [4.78, 5) is 21.9. The summed E-state index contributed by atoms with van der Waals surface area (Å²) in [5.74, 6) is 0.181. The van der Waals surface area contributed by atoms with Gasteiger partial charge in [0.1, 0.15) is 17.1 Å². The number of ether oxygens (including phenoxy) is 2. The van der Waals surface area contributed by atoms with Crippen LogP contribution in [0.5, 0.6) is 11.5 Å². The topological polar surface area (TPSA) is 52.6 Å². The molecule has 0 aliphatic heterocycles. The molecule has 4 nitrogen and oxygen atoms in total. The van der Waals surface area contributed by atoms with Crippen molar-refractivity contribution in [3.05, 3.63) is 23.8 Å². The van der Waals surface area contributed by atoms with E-state index >= 15 is 0 Å². The molecule has 0 N–H and O–H groups in total. The predicted molar refractivity (Wildman–Crippen MR) is 54.9 cm³/mol. The Morgan fingerprint density at radius 3 is 2.33 bits per heavy atom. The summed E-state index contributed by atoms with van der Waals surface area (Å²) < 4.78 is 9.65. The number of hydrogen-bond acceptors (Lipinski definition) is 4. The van der Waals surface area contributed by atoms with Crippen LogP contribution < -0.4 is 9.47 Å². The van der Waals surface area contributed by atoms with E-state index in [-0.39, 0.29) is 17.1 Å². The molecule has 0 bridgehead atoms. The zero-order chi connectivity index (χ0) is 11.4. The minimum atomic E-state index is -0.995. The van der Waals surface area contributed by atoms with Crippen molar-refractivity contribution in [3.63, 3.8) is 0 Å². The zero-order valence-electron chi connectivity index (χ0n) is 8.24. The first kappa shape index (κ1) is 11.5. The molecule has 0 atom stereocenters. The van der Waals surface area contributed by atoms with Gasteiger partial charge >= 0.3 is 5.43 Å². The van der Waals surface area contributed by atoms with Crippen LogP contribution in [-0.4, -0.2) is 18.3 Å². The molecule has 0 fully saturated rings. The molecule has 0 radical (unpaired) electrons. The molecule has 0 unspecified atom stereocenters. The molecule has 5 heteroatoms. The molecule has 0 saturated heterocycles. The SMILES string of the molecule is COc1cccc(OC(=O)Cl)c1C(C)=O. The van der Waals surface area contributed by atoms with Crippen LogP contribution in [-0.2, 0) is 0 Å². The molecule has 1 rings (SSSR count). The van der Waals surface area contributed by atoms with Gasteiger partial charge in [0.15, 0.2) is 5.78 Å². The van der Waals surface area contributed by atoms with E-state index in [4.69, 9.17) is 16.3 Å². The molecule has 80 valence electrons. The second-order valence-electron chi connectivity index (χ2n) is 2.73. The molecule has 15 heavy (non-hydrogen) atoms. The maximum absolute atomic E-state index is 11.3. The third kappa shape index (κ3) is 2.70.